The molecule has 0 N–H and O–H groups in total. The van der Waals surface area contributed by atoms with E-state index in [1.54, 1.807) is 0 Å². The van der Waals surface area contributed by atoms with Gasteiger partial charge in [-0.1, -0.05) is 18.2 Å². The SMILES string of the molecule is Cc1ccccc1N1c2cccnc2N(C)C1C. The van der Waals surface area contributed by atoms with Crippen molar-refractivity contribution >= 4 is 17.2 Å². The molecule has 3 nitrogen and oxygen atoms in total. The first-order valence-corrected chi connectivity index (χ1v) is 6.23. The molecule has 0 radical (unpaired) electrons. The van der Waals surface area contributed by atoms with Crippen molar-refractivity contribution in [1.29, 1.82) is 0 Å². The summed E-state index contributed by atoms with van der Waals surface area (Å²) in [6.07, 6.45) is 2.14. The minimum absolute atomic E-state index is 0.288. The van der Waals surface area contributed by atoms with Crippen LogP contribution in [0.15, 0.2) is 42.6 Å². The highest BCUT2D eigenvalue weighted by atomic mass is 15.4. The molecule has 1 aliphatic heterocycles. The average Bonchev–Trinajstić information content (AvgIpc) is 2.64. The normalized spacial score (nSPS) is 18.1. The van der Waals surface area contributed by atoms with Gasteiger partial charge in [-0.25, -0.2) is 4.98 Å². The van der Waals surface area contributed by atoms with Crippen molar-refractivity contribution in [2.45, 2.75) is 20.0 Å². The van der Waals surface area contributed by atoms with E-state index in [2.05, 4.69) is 66.0 Å². The molecule has 2 heterocycles. The van der Waals surface area contributed by atoms with E-state index in [1.807, 2.05) is 12.3 Å². The van der Waals surface area contributed by atoms with Crippen molar-refractivity contribution in [2.24, 2.45) is 0 Å². The van der Waals surface area contributed by atoms with Gasteiger partial charge in [-0.2, -0.15) is 0 Å². The zero-order chi connectivity index (χ0) is 12.7. The van der Waals surface area contributed by atoms with Gasteiger partial charge in [-0.3, -0.25) is 0 Å². The first kappa shape index (κ1) is 11.1. The van der Waals surface area contributed by atoms with Gasteiger partial charge in [0.05, 0.1) is 5.69 Å². The van der Waals surface area contributed by atoms with E-state index in [9.17, 15) is 0 Å². The molecule has 0 saturated heterocycles. The van der Waals surface area contributed by atoms with Crippen LogP contribution in [-0.2, 0) is 0 Å². The number of hydrogen-bond donors (Lipinski definition) is 0. The number of rotatable bonds is 1. The number of aryl methyl sites for hydroxylation is 1. The van der Waals surface area contributed by atoms with Crippen LogP contribution in [0.3, 0.4) is 0 Å². The number of fused-ring (bicyclic) bond motifs is 1. The fraction of sp³-hybridized carbons (Fsp3) is 0.267. The van der Waals surface area contributed by atoms with E-state index in [1.165, 1.54) is 16.9 Å². The van der Waals surface area contributed by atoms with Gasteiger partial charge in [0.2, 0.25) is 0 Å². The molecule has 0 aliphatic carbocycles. The first-order chi connectivity index (χ1) is 8.70. The summed E-state index contributed by atoms with van der Waals surface area (Å²) in [5.74, 6) is 1.05. The van der Waals surface area contributed by atoms with Gasteiger partial charge in [0.1, 0.15) is 6.17 Å². The number of hydrogen-bond acceptors (Lipinski definition) is 3. The number of anilines is 3. The predicted molar refractivity (Wildman–Crippen MR) is 75.4 cm³/mol. The number of pyridine rings is 1. The van der Waals surface area contributed by atoms with E-state index in [0.29, 0.717) is 0 Å². The van der Waals surface area contributed by atoms with Crippen LogP contribution in [0.25, 0.3) is 0 Å². The Morgan fingerprint density at radius 3 is 2.56 bits per heavy atom. The lowest BCUT2D eigenvalue weighted by atomic mass is 10.1. The van der Waals surface area contributed by atoms with Gasteiger partial charge in [-0.05, 0) is 37.6 Å². The van der Waals surface area contributed by atoms with Gasteiger partial charge in [0.25, 0.3) is 0 Å². The summed E-state index contributed by atoms with van der Waals surface area (Å²) in [6, 6.07) is 12.6. The zero-order valence-electron chi connectivity index (χ0n) is 11.0. The van der Waals surface area contributed by atoms with Crippen LogP contribution in [0.1, 0.15) is 12.5 Å². The molecule has 1 atom stereocenters. The van der Waals surface area contributed by atoms with Gasteiger partial charge in [-0.15, -0.1) is 0 Å². The smallest absolute Gasteiger partial charge is 0.153 e. The van der Waals surface area contributed by atoms with E-state index >= 15 is 0 Å². The van der Waals surface area contributed by atoms with Crippen LogP contribution in [0, 0.1) is 6.92 Å². The Labute approximate surface area is 108 Å². The van der Waals surface area contributed by atoms with Crippen molar-refractivity contribution < 1.29 is 0 Å². The molecule has 0 saturated carbocycles. The minimum atomic E-state index is 0.288. The maximum Gasteiger partial charge on any atom is 0.153 e. The molecule has 3 heteroatoms. The molecule has 0 bridgehead atoms. The van der Waals surface area contributed by atoms with Crippen LogP contribution in [-0.4, -0.2) is 18.2 Å². The molecule has 0 fully saturated rings. The lowest BCUT2D eigenvalue weighted by Crippen LogP contribution is -2.36. The van der Waals surface area contributed by atoms with Gasteiger partial charge >= 0.3 is 0 Å². The Morgan fingerprint density at radius 2 is 1.78 bits per heavy atom. The summed E-state index contributed by atoms with van der Waals surface area (Å²) >= 11 is 0. The van der Waals surface area contributed by atoms with E-state index < -0.39 is 0 Å². The van der Waals surface area contributed by atoms with Crippen molar-refractivity contribution in [1.82, 2.24) is 4.98 Å². The Morgan fingerprint density at radius 1 is 1.06 bits per heavy atom. The number of nitrogens with zero attached hydrogens (tertiary/aromatic N) is 3. The van der Waals surface area contributed by atoms with Gasteiger partial charge in [0.15, 0.2) is 5.82 Å². The molecule has 2 aromatic rings. The molecule has 3 rings (SSSR count). The monoisotopic (exact) mass is 239 g/mol. The zero-order valence-corrected chi connectivity index (χ0v) is 11.0. The fourth-order valence-electron chi connectivity index (χ4n) is 2.56. The Hall–Kier alpha value is -2.03. The highest BCUT2D eigenvalue weighted by Crippen LogP contribution is 2.42. The lowest BCUT2D eigenvalue weighted by Gasteiger charge is -2.28. The lowest BCUT2D eigenvalue weighted by molar-refractivity contribution is 0.728. The van der Waals surface area contributed by atoms with Crippen LogP contribution < -0.4 is 9.80 Å². The summed E-state index contributed by atoms with van der Waals surface area (Å²) < 4.78 is 0. The summed E-state index contributed by atoms with van der Waals surface area (Å²) in [5.41, 5.74) is 3.72. The van der Waals surface area contributed by atoms with Crippen molar-refractivity contribution in [3.05, 3.63) is 48.2 Å². The molecule has 0 spiro atoms. The summed E-state index contributed by atoms with van der Waals surface area (Å²) in [7, 11) is 2.09. The average molecular weight is 239 g/mol. The van der Waals surface area contributed by atoms with Crippen molar-refractivity contribution in [3.63, 3.8) is 0 Å². The predicted octanol–water partition coefficient (Wildman–Crippen LogP) is 3.32. The van der Waals surface area contributed by atoms with Crippen LogP contribution in [0.2, 0.25) is 0 Å². The number of para-hydroxylation sites is 1. The quantitative estimate of drug-likeness (QED) is 0.761. The standard InChI is InChI=1S/C15H17N3/c1-11-7-4-5-8-13(11)18-12(2)17(3)15-14(18)9-6-10-16-15/h4-10,12H,1-3H3. The second-order valence-electron chi connectivity index (χ2n) is 4.75. The highest BCUT2D eigenvalue weighted by Gasteiger charge is 2.32. The van der Waals surface area contributed by atoms with Crippen molar-refractivity contribution in [3.8, 4) is 0 Å². The summed E-state index contributed by atoms with van der Waals surface area (Å²) in [4.78, 5) is 9.04. The van der Waals surface area contributed by atoms with Crippen LogP contribution in [0.5, 0.6) is 0 Å². The summed E-state index contributed by atoms with van der Waals surface area (Å²) in [5, 5.41) is 0. The van der Waals surface area contributed by atoms with Crippen LogP contribution >= 0.6 is 0 Å². The number of aromatic nitrogens is 1. The fourth-order valence-corrected chi connectivity index (χ4v) is 2.56. The largest absolute Gasteiger partial charge is 0.337 e. The van der Waals surface area contributed by atoms with E-state index in [-0.39, 0.29) is 6.17 Å². The molecule has 1 aromatic heterocycles. The van der Waals surface area contributed by atoms with E-state index in [4.69, 9.17) is 0 Å². The molecule has 18 heavy (non-hydrogen) atoms. The third-order valence-corrected chi connectivity index (χ3v) is 3.67. The highest BCUT2D eigenvalue weighted by molar-refractivity contribution is 5.81. The molecular formula is C15H17N3. The molecule has 0 amide bonds. The minimum Gasteiger partial charge on any atom is -0.337 e. The summed E-state index contributed by atoms with van der Waals surface area (Å²) in [6.45, 7) is 4.35. The molecule has 92 valence electrons. The maximum absolute atomic E-state index is 4.48. The van der Waals surface area contributed by atoms with Gasteiger partial charge < -0.3 is 9.80 Å². The molecule has 1 aliphatic rings. The number of benzene rings is 1. The van der Waals surface area contributed by atoms with Crippen molar-refractivity contribution in [2.75, 3.05) is 16.8 Å². The maximum atomic E-state index is 4.48. The van der Waals surface area contributed by atoms with E-state index in [0.717, 1.165) is 5.82 Å². The Bertz CT molecular complexity index is 579. The Balaban J connectivity index is 2.16. The molecule has 1 unspecified atom stereocenters. The first-order valence-electron chi connectivity index (χ1n) is 6.23. The third kappa shape index (κ3) is 1.47. The second-order valence-corrected chi connectivity index (χ2v) is 4.75. The van der Waals surface area contributed by atoms with Crippen LogP contribution in [0.4, 0.5) is 17.2 Å². The topological polar surface area (TPSA) is 19.4 Å². The molecule has 1 aromatic carbocycles. The second kappa shape index (κ2) is 4.02. The Kier molecular flexibility index (Phi) is 2.47. The van der Waals surface area contributed by atoms with Gasteiger partial charge in [0, 0.05) is 18.9 Å². The molecular weight excluding hydrogens is 222 g/mol. The third-order valence-electron chi connectivity index (χ3n) is 3.67.